The highest BCUT2D eigenvalue weighted by Crippen LogP contribution is 2.21. The number of aromatic nitrogens is 4. The van der Waals surface area contributed by atoms with Crippen LogP contribution in [0.1, 0.15) is 16.1 Å². The van der Waals surface area contributed by atoms with Gasteiger partial charge in [0.05, 0.1) is 7.11 Å². The van der Waals surface area contributed by atoms with Crippen LogP contribution in [0.2, 0.25) is 0 Å². The van der Waals surface area contributed by atoms with Crippen molar-refractivity contribution in [1.29, 1.82) is 0 Å². The number of benzene rings is 2. The fraction of sp³-hybridized carbons (Fsp3) is 0.0526. The minimum atomic E-state index is -0.218. The lowest BCUT2D eigenvalue weighted by molar-refractivity contribution is 0.103. The van der Waals surface area contributed by atoms with Crippen molar-refractivity contribution >= 4 is 16.9 Å². The van der Waals surface area contributed by atoms with Gasteiger partial charge < -0.3 is 4.74 Å². The van der Waals surface area contributed by atoms with E-state index in [1.54, 1.807) is 37.7 Å². The summed E-state index contributed by atoms with van der Waals surface area (Å²) in [5.41, 5.74) is 2.75. The molecular formula is C19H14N4O2. The number of carbonyl (C=O) groups is 1. The van der Waals surface area contributed by atoms with Gasteiger partial charge in [0.2, 0.25) is 5.78 Å². The normalized spacial score (nSPS) is 10.8. The van der Waals surface area contributed by atoms with Gasteiger partial charge in [-0.2, -0.15) is 0 Å². The number of fused-ring (bicyclic) bond motifs is 1. The van der Waals surface area contributed by atoms with Crippen molar-refractivity contribution < 1.29 is 9.53 Å². The van der Waals surface area contributed by atoms with Crippen LogP contribution >= 0.6 is 0 Å². The average Bonchev–Trinajstić information content (AvgIpc) is 3.12. The van der Waals surface area contributed by atoms with Gasteiger partial charge in [0, 0.05) is 11.3 Å². The topological polar surface area (TPSA) is 69.9 Å². The summed E-state index contributed by atoms with van der Waals surface area (Å²) in [6, 6.07) is 16.7. The van der Waals surface area contributed by atoms with Crippen molar-refractivity contribution in [2.75, 3.05) is 7.11 Å². The molecule has 0 radical (unpaired) electrons. The Kier molecular flexibility index (Phi) is 3.70. The molecule has 2 aromatic carbocycles. The molecule has 25 heavy (non-hydrogen) atoms. The zero-order valence-electron chi connectivity index (χ0n) is 13.5. The monoisotopic (exact) mass is 330 g/mol. The summed E-state index contributed by atoms with van der Waals surface area (Å²) in [5.74, 6) is 0.399. The summed E-state index contributed by atoms with van der Waals surface area (Å²) in [5, 5.41) is 0. The van der Waals surface area contributed by atoms with Crippen LogP contribution in [-0.4, -0.2) is 32.4 Å². The van der Waals surface area contributed by atoms with Crippen LogP contribution in [0, 0.1) is 0 Å². The predicted octanol–water partition coefficient (Wildman–Crippen LogP) is 3.06. The van der Waals surface area contributed by atoms with Crippen molar-refractivity contribution in [2.45, 2.75) is 0 Å². The Morgan fingerprint density at radius 3 is 2.64 bits per heavy atom. The molecule has 0 bridgehead atoms. The molecule has 2 aromatic heterocycles. The molecule has 0 atom stereocenters. The number of para-hydroxylation sites is 1. The second-order valence-electron chi connectivity index (χ2n) is 5.41. The van der Waals surface area contributed by atoms with E-state index in [1.807, 2.05) is 34.9 Å². The number of nitrogens with zero attached hydrogens (tertiary/aromatic N) is 4. The van der Waals surface area contributed by atoms with E-state index >= 15 is 0 Å². The molecule has 0 aliphatic heterocycles. The first-order valence-electron chi connectivity index (χ1n) is 7.70. The molecule has 0 saturated heterocycles. The maximum Gasteiger partial charge on any atom is 0.213 e. The van der Waals surface area contributed by atoms with Crippen LogP contribution in [-0.2, 0) is 0 Å². The Labute approximate surface area is 143 Å². The highest BCUT2D eigenvalue weighted by molar-refractivity contribution is 6.13. The van der Waals surface area contributed by atoms with Gasteiger partial charge in [-0.15, -0.1) is 0 Å². The molecule has 0 N–H and O–H groups in total. The van der Waals surface area contributed by atoms with Crippen LogP contribution in [0.4, 0.5) is 0 Å². The Bertz CT molecular complexity index is 1060. The SMILES string of the molecule is COc1cccc(C(=O)c2ncnc3c2ncn3-c2ccccc2)c1. The zero-order chi connectivity index (χ0) is 17.2. The van der Waals surface area contributed by atoms with Crippen LogP contribution in [0.3, 0.4) is 0 Å². The molecule has 122 valence electrons. The first-order chi connectivity index (χ1) is 12.3. The average molecular weight is 330 g/mol. The van der Waals surface area contributed by atoms with E-state index < -0.39 is 0 Å². The van der Waals surface area contributed by atoms with E-state index in [4.69, 9.17) is 4.74 Å². The summed E-state index contributed by atoms with van der Waals surface area (Å²) in [7, 11) is 1.56. The Morgan fingerprint density at radius 1 is 1.00 bits per heavy atom. The van der Waals surface area contributed by atoms with E-state index in [0.717, 1.165) is 5.69 Å². The summed E-state index contributed by atoms with van der Waals surface area (Å²) >= 11 is 0. The van der Waals surface area contributed by atoms with Crippen molar-refractivity contribution in [1.82, 2.24) is 19.5 Å². The van der Waals surface area contributed by atoms with Gasteiger partial charge in [-0.3, -0.25) is 9.36 Å². The van der Waals surface area contributed by atoms with E-state index in [-0.39, 0.29) is 11.5 Å². The standard InChI is InChI=1S/C19H14N4O2/c1-25-15-9-5-6-13(10-15)18(24)16-17-19(21-11-20-16)23(12-22-17)14-7-3-2-4-8-14/h2-12H,1H3. The van der Waals surface area contributed by atoms with E-state index in [9.17, 15) is 4.79 Å². The van der Waals surface area contributed by atoms with Crippen LogP contribution in [0.15, 0.2) is 67.3 Å². The number of hydrogen-bond acceptors (Lipinski definition) is 5. The second kappa shape index (κ2) is 6.16. The van der Waals surface area contributed by atoms with E-state index in [0.29, 0.717) is 22.5 Å². The third-order valence-corrected chi connectivity index (χ3v) is 3.91. The largest absolute Gasteiger partial charge is 0.497 e. The molecule has 0 spiro atoms. The molecular weight excluding hydrogens is 316 g/mol. The number of ether oxygens (including phenoxy) is 1. The van der Waals surface area contributed by atoms with Gasteiger partial charge in [0.15, 0.2) is 5.65 Å². The van der Waals surface area contributed by atoms with Crippen molar-refractivity contribution in [3.8, 4) is 11.4 Å². The van der Waals surface area contributed by atoms with Crippen molar-refractivity contribution in [3.05, 3.63) is 78.5 Å². The summed E-state index contributed by atoms with van der Waals surface area (Å²) in [4.78, 5) is 25.7. The maximum absolute atomic E-state index is 12.9. The van der Waals surface area contributed by atoms with Gasteiger partial charge >= 0.3 is 0 Å². The maximum atomic E-state index is 12.9. The molecule has 0 unspecified atom stereocenters. The minimum Gasteiger partial charge on any atom is -0.497 e. The molecule has 4 aromatic rings. The van der Waals surface area contributed by atoms with Gasteiger partial charge in [0.25, 0.3) is 0 Å². The number of rotatable bonds is 4. The molecule has 0 amide bonds. The lowest BCUT2D eigenvalue weighted by atomic mass is 10.1. The summed E-state index contributed by atoms with van der Waals surface area (Å²) < 4.78 is 7.02. The summed E-state index contributed by atoms with van der Waals surface area (Å²) in [6.45, 7) is 0. The molecule has 0 saturated carbocycles. The minimum absolute atomic E-state index is 0.218. The number of imidazole rings is 1. The molecule has 0 aliphatic carbocycles. The van der Waals surface area contributed by atoms with E-state index in [1.165, 1.54) is 6.33 Å². The smallest absolute Gasteiger partial charge is 0.213 e. The van der Waals surface area contributed by atoms with Gasteiger partial charge in [-0.25, -0.2) is 15.0 Å². The lowest BCUT2D eigenvalue weighted by Gasteiger charge is -2.05. The number of methoxy groups -OCH3 is 1. The van der Waals surface area contributed by atoms with Crippen molar-refractivity contribution in [3.63, 3.8) is 0 Å². The van der Waals surface area contributed by atoms with Gasteiger partial charge in [-0.05, 0) is 24.3 Å². The molecule has 2 heterocycles. The van der Waals surface area contributed by atoms with Gasteiger partial charge in [0.1, 0.15) is 29.6 Å². The van der Waals surface area contributed by atoms with Crippen LogP contribution in [0.25, 0.3) is 16.9 Å². The predicted molar refractivity (Wildman–Crippen MR) is 93.1 cm³/mol. The quantitative estimate of drug-likeness (QED) is 0.538. The van der Waals surface area contributed by atoms with E-state index in [2.05, 4.69) is 15.0 Å². The fourth-order valence-corrected chi connectivity index (χ4v) is 2.68. The Hall–Kier alpha value is -3.54. The number of hydrogen-bond donors (Lipinski definition) is 0. The highest BCUT2D eigenvalue weighted by atomic mass is 16.5. The third kappa shape index (κ3) is 2.63. The molecule has 4 rings (SSSR count). The zero-order valence-corrected chi connectivity index (χ0v) is 13.5. The fourth-order valence-electron chi connectivity index (χ4n) is 2.68. The first kappa shape index (κ1) is 15.0. The second-order valence-corrected chi connectivity index (χ2v) is 5.41. The van der Waals surface area contributed by atoms with Gasteiger partial charge in [-0.1, -0.05) is 30.3 Å². The lowest BCUT2D eigenvalue weighted by Crippen LogP contribution is -2.06. The van der Waals surface area contributed by atoms with Crippen LogP contribution in [0.5, 0.6) is 5.75 Å². The molecule has 0 fully saturated rings. The molecule has 6 heteroatoms. The third-order valence-electron chi connectivity index (χ3n) is 3.91. The van der Waals surface area contributed by atoms with Crippen molar-refractivity contribution in [2.24, 2.45) is 0 Å². The summed E-state index contributed by atoms with van der Waals surface area (Å²) in [6.07, 6.45) is 3.04. The highest BCUT2D eigenvalue weighted by Gasteiger charge is 2.19. The van der Waals surface area contributed by atoms with Crippen LogP contribution < -0.4 is 4.74 Å². The Morgan fingerprint density at radius 2 is 1.84 bits per heavy atom. The Balaban J connectivity index is 1.83. The molecule has 6 nitrogen and oxygen atoms in total. The number of carbonyl (C=O) groups excluding carboxylic acids is 1. The first-order valence-corrected chi connectivity index (χ1v) is 7.70. The number of ketones is 1. The molecule has 0 aliphatic rings.